The van der Waals surface area contributed by atoms with Gasteiger partial charge in [0, 0.05) is 11.6 Å². The normalized spacial score (nSPS) is 22.4. The molecule has 5 heteroatoms. The van der Waals surface area contributed by atoms with Crippen molar-refractivity contribution in [1.29, 1.82) is 5.26 Å². The average molecular weight is 372 g/mol. The molecule has 2 atom stereocenters. The monoisotopic (exact) mass is 372 g/mol. The lowest BCUT2D eigenvalue weighted by Gasteiger charge is -2.34. The van der Waals surface area contributed by atoms with Gasteiger partial charge >= 0.3 is 0 Å². The van der Waals surface area contributed by atoms with Gasteiger partial charge in [-0.15, -0.1) is 0 Å². The number of fused-ring (bicyclic) bond motifs is 3. The summed E-state index contributed by atoms with van der Waals surface area (Å²) in [6, 6.07) is 15.6. The summed E-state index contributed by atoms with van der Waals surface area (Å²) in [4.78, 5) is 15.3. The van der Waals surface area contributed by atoms with E-state index < -0.39 is 0 Å². The van der Waals surface area contributed by atoms with Gasteiger partial charge in [-0.25, -0.2) is 0 Å². The van der Waals surface area contributed by atoms with Crippen molar-refractivity contribution in [3.8, 4) is 17.6 Å². The van der Waals surface area contributed by atoms with Crippen molar-refractivity contribution in [2.24, 2.45) is 0 Å². The topological polar surface area (TPSA) is 62.6 Å². The highest BCUT2D eigenvalue weighted by Crippen LogP contribution is 2.40. The Morgan fingerprint density at radius 1 is 1.04 bits per heavy atom. The molecule has 0 aliphatic carbocycles. The van der Waals surface area contributed by atoms with Gasteiger partial charge in [0.05, 0.1) is 17.7 Å². The molecule has 3 aliphatic rings. The van der Waals surface area contributed by atoms with Gasteiger partial charge in [0.2, 0.25) is 0 Å². The number of ether oxygens (including phenoxy) is 2. The SMILES string of the molecule is N#Cc1ccc(C2=CC3CCC(C2)N3C(=O)c2ccc3c(c2)OCCO3)cc1. The third-order valence-corrected chi connectivity index (χ3v) is 5.80. The van der Waals surface area contributed by atoms with Crippen molar-refractivity contribution >= 4 is 11.5 Å². The van der Waals surface area contributed by atoms with Crippen LogP contribution < -0.4 is 9.47 Å². The number of hydrogen-bond acceptors (Lipinski definition) is 4. The first kappa shape index (κ1) is 16.9. The predicted molar refractivity (Wildman–Crippen MR) is 104 cm³/mol. The zero-order valence-corrected chi connectivity index (χ0v) is 15.4. The first-order valence-electron chi connectivity index (χ1n) is 9.66. The van der Waals surface area contributed by atoms with Crippen LogP contribution in [0.3, 0.4) is 0 Å². The molecule has 140 valence electrons. The Hall–Kier alpha value is -3.26. The van der Waals surface area contributed by atoms with E-state index in [9.17, 15) is 4.79 Å². The minimum atomic E-state index is 0.0552. The Labute approximate surface area is 163 Å². The molecule has 0 radical (unpaired) electrons. The Balaban J connectivity index is 1.40. The van der Waals surface area contributed by atoms with Crippen LogP contribution in [0.5, 0.6) is 11.5 Å². The lowest BCUT2D eigenvalue weighted by atomic mass is 9.93. The molecule has 5 rings (SSSR count). The van der Waals surface area contributed by atoms with E-state index in [0.29, 0.717) is 35.8 Å². The van der Waals surface area contributed by atoms with E-state index in [1.54, 1.807) is 6.07 Å². The Morgan fingerprint density at radius 2 is 1.82 bits per heavy atom. The molecular weight excluding hydrogens is 352 g/mol. The number of nitriles is 1. The minimum absolute atomic E-state index is 0.0552. The Morgan fingerprint density at radius 3 is 2.57 bits per heavy atom. The molecular formula is C23H20N2O3. The zero-order valence-electron chi connectivity index (χ0n) is 15.4. The predicted octanol–water partition coefficient (Wildman–Crippen LogP) is 3.79. The van der Waals surface area contributed by atoms with E-state index in [0.717, 1.165) is 24.8 Å². The van der Waals surface area contributed by atoms with Crippen molar-refractivity contribution in [2.75, 3.05) is 13.2 Å². The highest BCUT2D eigenvalue weighted by molar-refractivity contribution is 5.96. The van der Waals surface area contributed by atoms with Crippen LogP contribution >= 0.6 is 0 Å². The fourth-order valence-corrected chi connectivity index (χ4v) is 4.45. The van der Waals surface area contributed by atoms with E-state index in [1.807, 2.05) is 41.3 Å². The number of carbonyl (C=O) groups is 1. The van der Waals surface area contributed by atoms with Crippen LogP contribution in [0.15, 0.2) is 48.5 Å². The standard InChI is InChI=1S/C23H20N2O3/c24-14-15-1-3-16(4-2-15)18-11-19-6-7-20(12-18)25(19)23(26)17-5-8-21-22(13-17)28-10-9-27-21/h1-5,8,11,13,19-20H,6-7,9-10,12H2. The van der Waals surface area contributed by atoms with Crippen LogP contribution in [-0.2, 0) is 0 Å². The van der Waals surface area contributed by atoms with Crippen molar-refractivity contribution < 1.29 is 14.3 Å². The molecule has 1 amide bonds. The molecule has 0 N–H and O–H groups in total. The van der Waals surface area contributed by atoms with Gasteiger partial charge in [0.1, 0.15) is 13.2 Å². The fraction of sp³-hybridized carbons (Fsp3) is 0.304. The fourth-order valence-electron chi connectivity index (χ4n) is 4.45. The second-order valence-electron chi connectivity index (χ2n) is 7.45. The summed E-state index contributed by atoms with van der Waals surface area (Å²) in [6.07, 6.45) is 5.07. The summed E-state index contributed by atoms with van der Waals surface area (Å²) in [5.41, 5.74) is 3.72. The zero-order chi connectivity index (χ0) is 19.1. The first-order valence-corrected chi connectivity index (χ1v) is 9.66. The number of benzene rings is 2. The summed E-state index contributed by atoms with van der Waals surface area (Å²) < 4.78 is 11.2. The van der Waals surface area contributed by atoms with Gasteiger partial charge in [-0.05, 0) is 60.7 Å². The number of rotatable bonds is 2. The van der Waals surface area contributed by atoms with Crippen LogP contribution in [0, 0.1) is 11.3 Å². The van der Waals surface area contributed by atoms with Gasteiger partial charge < -0.3 is 14.4 Å². The molecule has 5 nitrogen and oxygen atoms in total. The van der Waals surface area contributed by atoms with E-state index in [1.165, 1.54) is 5.57 Å². The Bertz CT molecular complexity index is 1000. The second-order valence-corrected chi connectivity index (χ2v) is 7.45. The maximum atomic E-state index is 13.2. The van der Waals surface area contributed by atoms with Crippen molar-refractivity contribution in [1.82, 2.24) is 4.90 Å². The molecule has 28 heavy (non-hydrogen) atoms. The van der Waals surface area contributed by atoms with Gasteiger partial charge in [-0.3, -0.25) is 4.79 Å². The van der Waals surface area contributed by atoms with Crippen LogP contribution in [0.1, 0.15) is 40.7 Å². The molecule has 2 aromatic rings. The summed E-state index contributed by atoms with van der Waals surface area (Å²) in [6.45, 7) is 1.05. The third-order valence-electron chi connectivity index (χ3n) is 5.80. The van der Waals surface area contributed by atoms with E-state index in [-0.39, 0.29) is 18.0 Å². The molecule has 3 heterocycles. The Kier molecular flexibility index (Phi) is 4.05. The molecule has 1 saturated heterocycles. The maximum Gasteiger partial charge on any atom is 0.254 e. The lowest BCUT2D eigenvalue weighted by Crippen LogP contribution is -2.43. The molecule has 2 aromatic carbocycles. The van der Waals surface area contributed by atoms with Gasteiger partial charge in [0.25, 0.3) is 5.91 Å². The largest absolute Gasteiger partial charge is 0.486 e. The number of carbonyl (C=O) groups excluding carboxylic acids is 1. The minimum Gasteiger partial charge on any atom is -0.486 e. The third kappa shape index (κ3) is 2.82. The first-order chi connectivity index (χ1) is 13.7. The highest BCUT2D eigenvalue weighted by Gasteiger charge is 2.40. The summed E-state index contributed by atoms with van der Waals surface area (Å²) in [5, 5.41) is 8.99. The quantitative estimate of drug-likeness (QED) is 0.805. The van der Waals surface area contributed by atoms with Gasteiger partial charge in [-0.2, -0.15) is 5.26 Å². The molecule has 0 aromatic heterocycles. The van der Waals surface area contributed by atoms with E-state index >= 15 is 0 Å². The molecule has 2 bridgehead atoms. The van der Waals surface area contributed by atoms with Crippen molar-refractivity contribution in [2.45, 2.75) is 31.3 Å². The van der Waals surface area contributed by atoms with E-state index in [4.69, 9.17) is 14.7 Å². The molecule has 2 unspecified atom stereocenters. The van der Waals surface area contributed by atoms with Gasteiger partial charge in [-0.1, -0.05) is 18.2 Å². The molecule has 1 fully saturated rings. The van der Waals surface area contributed by atoms with Crippen LogP contribution in [0.25, 0.3) is 5.57 Å². The maximum absolute atomic E-state index is 13.2. The molecule has 3 aliphatic heterocycles. The average Bonchev–Trinajstić information content (AvgIpc) is 3.02. The van der Waals surface area contributed by atoms with Crippen LogP contribution in [-0.4, -0.2) is 36.1 Å². The second kappa shape index (κ2) is 6.72. The van der Waals surface area contributed by atoms with E-state index in [2.05, 4.69) is 12.1 Å². The lowest BCUT2D eigenvalue weighted by molar-refractivity contribution is 0.0691. The number of amides is 1. The van der Waals surface area contributed by atoms with Crippen LogP contribution in [0.2, 0.25) is 0 Å². The highest BCUT2D eigenvalue weighted by atomic mass is 16.6. The number of hydrogen-bond donors (Lipinski definition) is 0. The van der Waals surface area contributed by atoms with Crippen molar-refractivity contribution in [3.05, 3.63) is 65.2 Å². The summed E-state index contributed by atoms with van der Waals surface area (Å²) in [5.74, 6) is 1.40. The summed E-state index contributed by atoms with van der Waals surface area (Å²) in [7, 11) is 0. The van der Waals surface area contributed by atoms with Crippen molar-refractivity contribution in [3.63, 3.8) is 0 Å². The van der Waals surface area contributed by atoms with Crippen LogP contribution in [0.4, 0.5) is 0 Å². The summed E-state index contributed by atoms with van der Waals surface area (Å²) >= 11 is 0. The molecule has 0 saturated carbocycles. The number of nitrogens with zero attached hydrogens (tertiary/aromatic N) is 2. The molecule has 0 spiro atoms. The van der Waals surface area contributed by atoms with Gasteiger partial charge in [0.15, 0.2) is 11.5 Å². The smallest absolute Gasteiger partial charge is 0.254 e.